The lowest BCUT2D eigenvalue weighted by Gasteiger charge is -2.18. The first-order valence-electron chi connectivity index (χ1n) is 12.5. The van der Waals surface area contributed by atoms with Crippen molar-refractivity contribution in [2.24, 2.45) is 0 Å². The van der Waals surface area contributed by atoms with Crippen molar-refractivity contribution >= 4 is 22.6 Å². The van der Waals surface area contributed by atoms with Crippen LogP contribution in [0.15, 0.2) is 41.2 Å². The SMILES string of the molecule is Nc1ncnc2c1c1c(n2C2CCC(OCc3ccccc3)C2)CCC(=O)c2c-1noc2C1CC1. The molecule has 3 aromatic heterocycles. The smallest absolute Gasteiger partial charge is 0.169 e. The molecule has 0 saturated heterocycles. The van der Waals surface area contributed by atoms with E-state index >= 15 is 0 Å². The van der Waals surface area contributed by atoms with Crippen LogP contribution in [0.4, 0.5) is 5.82 Å². The van der Waals surface area contributed by atoms with Gasteiger partial charge in [-0.3, -0.25) is 4.79 Å². The molecule has 4 aromatic rings. The van der Waals surface area contributed by atoms with E-state index in [-0.39, 0.29) is 17.9 Å². The van der Waals surface area contributed by atoms with Crippen molar-refractivity contribution in [3.05, 3.63) is 59.2 Å². The van der Waals surface area contributed by atoms with Crippen LogP contribution in [0.1, 0.15) is 77.9 Å². The van der Waals surface area contributed by atoms with E-state index in [4.69, 9.17) is 15.0 Å². The minimum Gasteiger partial charge on any atom is -0.383 e. The molecule has 2 saturated carbocycles. The number of carbonyl (C=O) groups excluding carboxylic acids is 1. The average molecular weight is 470 g/mol. The number of hydrogen-bond donors (Lipinski definition) is 1. The third-order valence-electron chi connectivity index (χ3n) is 7.74. The van der Waals surface area contributed by atoms with Gasteiger partial charge in [0.05, 0.1) is 23.7 Å². The lowest BCUT2D eigenvalue weighted by molar-refractivity contribution is 0.0433. The fourth-order valence-corrected chi connectivity index (χ4v) is 5.91. The summed E-state index contributed by atoms with van der Waals surface area (Å²) in [6, 6.07) is 10.5. The maximum Gasteiger partial charge on any atom is 0.169 e. The highest BCUT2D eigenvalue weighted by Gasteiger charge is 2.40. The molecule has 8 nitrogen and oxygen atoms in total. The predicted octanol–water partition coefficient (Wildman–Crippen LogP) is 4.99. The minimum absolute atomic E-state index is 0.102. The van der Waals surface area contributed by atoms with Gasteiger partial charge in [0.25, 0.3) is 0 Å². The van der Waals surface area contributed by atoms with Crippen LogP contribution in [0.25, 0.3) is 22.3 Å². The zero-order valence-electron chi connectivity index (χ0n) is 19.4. The summed E-state index contributed by atoms with van der Waals surface area (Å²) in [6.07, 6.45) is 7.67. The van der Waals surface area contributed by atoms with Gasteiger partial charge in [0, 0.05) is 29.6 Å². The molecule has 3 heterocycles. The number of benzene rings is 1. The average Bonchev–Trinajstić information content (AvgIpc) is 3.35. The van der Waals surface area contributed by atoms with Gasteiger partial charge in [-0.25, -0.2) is 9.97 Å². The third kappa shape index (κ3) is 3.38. The Morgan fingerprint density at radius 3 is 2.74 bits per heavy atom. The monoisotopic (exact) mass is 469 g/mol. The van der Waals surface area contributed by atoms with Crippen LogP contribution in [0.3, 0.4) is 0 Å². The zero-order chi connectivity index (χ0) is 23.5. The molecule has 3 aliphatic rings. The third-order valence-corrected chi connectivity index (χ3v) is 7.74. The Bertz CT molecular complexity index is 1440. The highest BCUT2D eigenvalue weighted by Crippen LogP contribution is 2.49. The summed E-state index contributed by atoms with van der Waals surface area (Å²) in [5.41, 5.74) is 11.6. The number of nitrogens with zero attached hydrogens (tertiary/aromatic N) is 4. The first-order chi connectivity index (χ1) is 17.2. The van der Waals surface area contributed by atoms with E-state index in [0.29, 0.717) is 42.4 Å². The van der Waals surface area contributed by atoms with Gasteiger partial charge in [0.1, 0.15) is 23.5 Å². The molecule has 35 heavy (non-hydrogen) atoms. The van der Waals surface area contributed by atoms with Gasteiger partial charge < -0.3 is 19.6 Å². The summed E-state index contributed by atoms with van der Waals surface area (Å²) in [4.78, 5) is 22.2. The highest BCUT2D eigenvalue weighted by molar-refractivity contribution is 6.10. The molecule has 0 radical (unpaired) electrons. The van der Waals surface area contributed by atoms with E-state index in [1.54, 1.807) is 0 Å². The van der Waals surface area contributed by atoms with E-state index in [1.807, 2.05) is 18.2 Å². The van der Waals surface area contributed by atoms with Crippen LogP contribution < -0.4 is 5.73 Å². The molecule has 0 spiro atoms. The molecule has 2 atom stereocenters. The van der Waals surface area contributed by atoms with Crippen molar-refractivity contribution in [2.45, 2.75) is 69.6 Å². The molecule has 8 heteroatoms. The van der Waals surface area contributed by atoms with Gasteiger partial charge in [0.15, 0.2) is 11.5 Å². The van der Waals surface area contributed by atoms with Crippen molar-refractivity contribution in [3.8, 4) is 11.3 Å². The number of nitrogens with two attached hydrogens (primary N) is 1. The lowest BCUT2D eigenvalue weighted by atomic mass is 10.0. The van der Waals surface area contributed by atoms with Crippen LogP contribution in [-0.4, -0.2) is 31.6 Å². The Labute approximate surface area is 202 Å². The lowest BCUT2D eigenvalue weighted by Crippen LogP contribution is -2.14. The second-order valence-corrected chi connectivity index (χ2v) is 10.0. The van der Waals surface area contributed by atoms with E-state index in [1.165, 1.54) is 11.9 Å². The van der Waals surface area contributed by atoms with Gasteiger partial charge >= 0.3 is 0 Å². The van der Waals surface area contributed by atoms with Crippen LogP contribution in [0.5, 0.6) is 0 Å². The number of nitrogen functional groups attached to an aromatic ring is 1. The molecule has 178 valence electrons. The number of aromatic nitrogens is 4. The number of carbonyl (C=O) groups is 1. The molecule has 2 N–H and O–H groups in total. The first-order valence-corrected chi connectivity index (χ1v) is 12.5. The first kappa shape index (κ1) is 20.8. The predicted molar refractivity (Wildman–Crippen MR) is 130 cm³/mol. The van der Waals surface area contributed by atoms with Crippen molar-refractivity contribution < 1.29 is 14.1 Å². The summed E-state index contributed by atoms with van der Waals surface area (Å²) < 4.78 is 14.3. The maximum absolute atomic E-state index is 13.2. The number of hydrogen-bond acceptors (Lipinski definition) is 7. The number of ketones is 1. The van der Waals surface area contributed by atoms with Crippen LogP contribution in [0, 0.1) is 0 Å². The summed E-state index contributed by atoms with van der Waals surface area (Å²) in [7, 11) is 0. The van der Waals surface area contributed by atoms with Gasteiger partial charge in [0.2, 0.25) is 0 Å². The molecular weight excluding hydrogens is 442 g/mol. The number of Topliss-reactive ketones (excluding diaryl/α,β-unsaturated/α-hetero) is 1. The van der Waals surface area contributed by atoms with Crippen LogP contribution in [-0.2, 0) is 17.8 Å². The Hall–Kier alpha value is -3.52. The number of rotatable bonds is 5. The standard InChI is InChI=1S/C27H27N5O3/c28-26-23-21-19(10-11-20(33)22-24(21)31-35-25(22)16-6-7-16)32(27(23)30-14-29-26)17-8-9-18(12-17)34-13-15-4-2-1-3-5-15/h1-5,14,16-18H,6-13H2,(H2,28,29,30). The maximum atomic E-state index is 13.2. The Kier molecular flexibility index (Phi) is 4.77. The van der Waals surface area contributed by atoms with Crippen molar-refractivity contribution in [1.29, 1.82) is 0 Å². The van der Waals surface area contributed by atoms with Crippen molar-refractivity contribution in [3.63, 3.8) is 0 Å². The summed E-state index contributed by atoms with van der Waals surface area (Å²) >= 11 is 0. The number of fused-ring (bicyclic) bond motifs is 5. The largest absolute Gasteiger partial charge is 0.383 e. The van der Waals surface area contributed by atoms with E-state index in [0.717, 1.165) is 60.2 Å². The van der Waals surface area contributed by atoms with Crippen molar-refractivity contribution in [1.82, 2.24) is 19.7 Å². The van der Waals surface area contributed by atoms with E-state index in [9.17, 15) is 4.79 Å². The van der Waals surface area contributed by atoms with E-state index < -0.39 is 0 Å². The second-order valence-electron chi connectivity index (χ2n) is 10.0. The van der Waals surface area contributed by atoms with Gasteiger partial charge in [-0.15, -0.1) is 0 Å². The number of anilines is 1. The molecule has 0 bridgehead atoms. The van der Waals surface area contributed by atoms with Crippen LogP contribution in [0.2, 0.25) is 0 Å². The fraction of sp³-hybridized carbons (Fsp3) is 0.407. The highest BCUT2D eigenvalue weighted by atomic mass is 16.5. The molecule has 2 unspecified atom stereocenters. The second kappa shape index (κ2) is 8.02. The van der Waals surface area contributed by atoms with E-state index in [2.05, 4.69) is 31.8 Å². The summed E-state index contributed by atoms with van der Waals surface area (Å²) in [5.74, 6) is 1.56. The fourth-order valence-electron chi connectivity index (χ4n) is 5.91. The number of ether oxygens (including phenoxy) is 1. The Balaban J connectivity index is 1.29. The summed E-state index contributed by atoms with van der Waals surface area (Å²) in [6.45, 7) is 0.610. The molecule has 3 aliphatic carbocycles. The quantitative estimate of drug-likeness (QED) is 0.439. The Morgan fingerprint density at radius 2 is 1.91 bits per heavy atom. The molecule has 0 amide bonds. The molecule has 2 fully saturated rings. The molecule has 1 aromatic carbocycles. The Morgan fingerprint density at radius 1 is 1.06 bits per heavy atom. The summed E-state index contributed by atoms with van der Waals surface area (Å²) in [5, 5.41) is 5.21. The minimum atomic E-state index is 0.102. The van der Waals surface area contributed by atoms with Gasteiger partial charge in [-0.1, -0.05) is 35.5 Å². The molecular formula is C27H27N5O3. The topological polar surface area (TPSA) is 109 Å². The van der Waals surface area contributed by atoms with Crippen LogP contribution >= 0.6 is 0 Å². The molecule has 7 rings (SSSR count). The van der Waals surface area contributed by atoms with Gasteiger partial charge in [-0.05, 0) is 44.1 Å². The zero-order valence-corrected chi connectivity index (χ0v) is 19.4. The molecule has 0 aliphatic heterocycles. The van der Waals surface area contributed by atoms with Crippen molar-refractivity contribution in [2.75, 3.05) is 5.73 Å². The van der Waals surface area contributed by atoms with Gasteiger partial charge in [-0.2, -0.15) is 0 Å². The normalized spacial score (nSPS) is 21.8.